The van der Waals surface area contributed by atoms with Gasteiger partial charge in [-0.2, -0.15) is 0 Å². The monoisotopic (exact) mass is 284 g/mol. The summed E-state index contributed by atoms with van der Waals surface area (Å²) < 4.78 is 4.94. The SMILES string of the molecule is CCOC(=O)c1csc(N2CCCC(CCO)C2)n1. The van der Waals surface area contributed by atoms with E-state index in [0.717, 1.165) is 37.5 Å². The zero-order valence-electron chi connectivity index (χ0n) is 11.2. The number of anilines is 1. The average molecular weight is 284 g/mol. The van der Waals surface area contributed by atoms with Gasteiger partial charge in [0, 0.05) is 25.1 Å². The van der Waals surface area contributed by atoms with Crippen molar-refractivity contribution >= 4 is 22.4 Å². The number of carbonyl (C=O) groups is 1. The van der Waals surface area contributed by atoms with Crippen molar-refractivity contribution < 1.29 is 14.6 Å². The Hall–Kier alpha value is -1.14. The molecule has 0 aliphatic carbocycles. The highest BCUT2D eigenvalue weighted by Gasteiger charge is 2.22. The highest BCUT2D eigenvalue weighted by molar-refractivity contribution is 7.13. The molecule has 1 atom stereocenters. The van der Waals surface area contributed by atoms with Crippen LogP contribution in [-0.4, -0.2) is 42.4 Å². The number of piperidine rings is 1. The molecular weight excluding hydrogens is 264 g/mol. The fourth-order valence-corrected chi connectivity index (χ4v) is 3.20. The molecular formula is C13H20N2O3S. The quantitative estimate of drug-likeness (QED) is 0.837. The zero-order valence-corrected chi connectivity index (χ0v) is 12.0. The van der Waals surface area contributed by atoms with E-state index in [2.05, 4.69) is 9.88 Å². The number of aliphatic hydroxyl groups is 1. The van der Waals surface area contributed by atoms with Crippen molar-refractivity contribution in [1.29, 1.82) is 0 Å². The molecule has 6 heteroatoms. The maximum atomic E-state index is 11.6. The molecule has 0 saturated carbocycles. The van der Waals surface area contributed by atoms with Gasteiger partial charge < -0.3 is 14.7 Å². The molecule has 0 aromatic carbocycles. The van der Waals surface area contributed by atoms with Gasteiger partial charge in [-0.1, -0.05) is 0 Å². The van der Waals surface area contributed by atoms with Crippen molar-refractivity contribution in [3.63, 3.8) is 0 Å². The second-order valence-corrected chi connectivity index (χ2v) is 5.54. The van der Waals surface area contributed by atoms with Crippen LogP contribution in [-0.2, 0) is 4.74 Å². The van der Waals surface area contributed by atoms with E-state index in [4.69, 9.17) is 9.84 Å². The number of hydrogen-bond donors (Lipinski definition) is 1. The number of carbonyl (C=O) groups excluding carboxylic acids is 1. The summed E-state index contributed by atoms with van der Waals surface area (Å²) in [6.07, 6.45) is 3.11. The molecule has 5 nitrogen and oxygen atoms in total. The van der Waals surface area contributed by atoms with E-state index >= 15 is 0 Å². The third-order valence-corrected chi connectivity index (χ3v) is 4.20. The van der Waals surface area contributed by atoms with Gasteiger partial charge in [-0.3, -0.25) is 0 Å². The maximum Gasteiger partial charge on any atom is 0.357 e. The van der Waals surface area contributed by atoms with Crippen LogP contribution in [0.15, 0.2) is 5.38 Å². The summed E-state index contributed by atoms with van der Waals surface area (Å²) >= 11 is 1.48. The van der Waals surface area contributed by atoms with Gasteiger partial charge >= 0.3 is 5.97 Å². The first kappa shape index (κ1) is 14.3. The Morgan fingerprint density at radius 2 is 2.53 bits per heavy atom. The highest BCUT2D eigenvalue weighted by Crippen LogP contribution is 2.27. The molecule has 1 unspecified atom stereocenters. The zero-order chi connectivity index (χ0) is 13.7. The van der Waals surface area contributed by atoms with E-state index in [-0.39, 0.29) is 12.6 Å². The van der Waals surface area contributed by atoms with Crippen LogP contribution in [0.5, 0.6) is 0 Å². The molecule has 1 saturated heterocycles. The molecule has 1 aliphatic heterocycles. The summed E-state index contributed by atoms with van der Waals surface area (Å²) in [5, 5.41) is 11.7. The number of aliphatic hydroxyl groups excluding tert-OH is 1. The third kappa shape index (κ3) is 3.67. The fourth-order valence-electron chi connectivity index (χ4n) is 2.37. The lowest BCUT2D eigenvalue weighted by atomic mass is 9.95. The number of thiazole rings is 1. The van der Waals surface area contributed by atoms with Crippen molar-refractivity contribution in [2.75, 3.05) is 31.2 Å². The minimum atomic E-state index is -0.353. The summed E-state index contributed by atoms with van der Waals surface area (Å²) in [6, 6.07) is 0. The Morgan fingerprint density at radius 3 is 3.26 bits per heavy atom. The van der Waals surface area contributed by atoms with Crippen LogP contribution < -0.4 is 4.90 Å². The molecule has 2 rings (SSSR count). The van der Waals surface area contributed by atoms with Crippen LogP contribution in [0, 0.1) is 5.92 Å². The number of esters is 1. The summed E-state index contributed by atoms with van der Waals surface area (Å²) in [5.74, 6) is 0.169. The second kappa shape index (κ2) is 6.86. The molecule has 0 radical (unpaired) electrons. The van der Waals surface area contributed by atoms with Crippen molar-refractivity contribution in [3.8, 4) is 0 Å². The lowest BCUT2D eigenvalue weighted by molar-refractivity contribution is 0.0520. The largest absolute Gasteiger partial charge is 0.461 e. The normalized spacial score (nSPS) is 19.5. The molecule has 0 amide bonds. The molecule has 19 heavy (non-hydrogen) atoms. The van der Waals surface area contributed by atoms with Crippen LogP contribution in [0.1, 0.15) is 36.7 Å². The summed E-state index contributed by atoms with van der Waals surface area (Å²) in [6.45, 7) is 4.28. The van der Waals surface area contributed by atoms with Crippen molar-refractivity contribution in [2.24, 2.45) is 5.92 Å². The Morgan fingerprint density at radius 1 is 1.68 bits per heavy atom. The number of hydrogen-bond acceptors (Lipinski definition) is 6. The third-order valence-electron chi connectivity index (χ3n) is 3.30. The van der Waals surface area contributed by atoms with E-state index in [1.807, 2.05) is 0 Å². The molecule has 1 N–H and O–H groups in total. The van der Waals surface area contributed by atoms with Crippen LogP contribution in [0.2, 0.25) is 0 Å². The van der Waals surface area contributed by atoms with Crippen molar-refractivity contribution in [1.82, 2.24) is 4.98 Å². The lowest BCUT2D eigenvalue weighted by Crippen LogP contribution is -2.35. The summed E-state index contributed by atoms with van der Waals surface area (Å²) in [4.78, 5) is 18.1. The highest BCUT2D eigenvalue weighted by atomic mass is 32.1. The Kier molecular flexibility index (Phi) is 5.15. The van der Waals surface area contributed by atoms with Crippen molar-refractivity contribution in [3.05, 3.63) is 11.1 Å². The van der Waals surface area contributed by atoms with Crippen LogP contribution >= 0.6 is 11.3 Å². The molecule has 0 spiro atoms. The minimum absolute atomic E-state index is 0.241. The standard InChI is InChI=1S/C13H20N2O3S/c1-2-18-12(17)11-9-19-13(14-11)15-6-3-4-10(8-15)5-7-16/h9-10,16H,2-8H2,1H3. The smallest absolute Gasteiger partial charge is 0.357 e. The molecule has 1 aliphatic rings. The topological polar surface area (TPSA) is 62.7 Å². The first-order chi connectivity index (χ1) is 9.24. The van der Waals surface area contributed by atoms with Gasteiger partial charge in [0.1, 0.15) is 0 Å². The van der Waals surface area contributed by atoms with Gasteiger partial charge in [-0.25, -0.2) is 9.78 Å². The van der Waals surface area contributed by atoms with Gasteiger partial charge in [-0.15, -0.1) is 11.3 Å². The first-order valence-electron chi connectivity index (χ1n) is 6.73. The lowest BCUT2D eigenvalue weighted by Gasteiger charge is -2.32. The fraction of sp³-hybridized carbons (Fsp3) is 0.692. The van der Waals surface area contributed by atoms with Gasteiger partial charge in [-0.05, 0) is 32.1 Å². The van der Waals surface area contributed by atoms with Gasteiger partial charge in [0.05, 0.1) is 6.61 Å². The first-order valence-corrected chi connectivity index (χ1v) is 7.61. The van der Waals surface area contributed by atoms with E-state index in [0.29, 0.717) is 18.2 Å². The van der Waals surface area contributed by atoms with E-state index in [1.165, 1.54) is 11.3 Å². The molecule has 2 heterocycles. The van der Waals surface area contributed by atoms with Gasteiger partial charge in [0.2, 0.25) is 0 Å². The number of nitrogens with zero attached hydrogens (tertiary/aromatic N) is 2. The number of aromatic nitrogens is 1. The number of rotatable bonds is 5. The van der Waals surface area contributed by atoms with E-state index in [1.54, 1.807) is 12.3 Å². The van der Waals surface area contributed by atoms with E-state index in [9.17, 15) is 4.79 Å². The molecule has 1 aromatic heterocycles. The van der Waals surface area contributed by atoms with Crippen LogP contribution in [0.4, 0.5) is 5.13 Å². The Balaban J connectivity index is 1.99. The predicted octanol–water partition coefficient (Wildman–Crippen LogP) is 1.92. The second-order valence-electron chi connectivity index (χ2n) is 4.70. The van der Waals surface area contributed by atoms with Crippen LogP contribution in [0.25, 0.3) is 0 Å². The van der Waals surface area contributed by atoms with Gasteiger partial charge in [0.25, 0.3) is 0 Å². The van der Waals surface area contributed by atoms with E-state index < -0.39 is 0 Å². The molecule has 106 valence electrons. The van der Waals surface area contributed by atoms with Crippen molar-refractivity contribution in [2.45, 2.75) is 26.2 Å². The molecule has 1 aromatic rings. The molecule has 0 bridgehead atoms. The average Bonchev–Trinajstić information content (AvgIpc) is 2.89. The van der Waals surface area contributed by atoms with Gasteiger partial charge in [0.15, 0.2) is 10.8 Å². The summed E-state index contributed by atoms with van der Waals surface area (Å²) in [5.41, 5.74) is 0.395. The Labute approximate surface area is 117 Å². The predicted molar refractivity (Wildman–Crippen MR) is 74.7 cm³/mol. The minimum Gasteiger partial charge on any atom is -0.461 e. The number of ether oxygens (including phenoxy) is 1. The molecule has 1 fully saturated rings. The van der Waals surface area contributed by atoms with Crippen LogP contribution in [0.3, 0.4) is 0 Å². The maximum absolute atomic E-state index is 11.6. The summed E-state index contributed by atoms with van der Waals surface area (Å²) in [7, 11) is 0. The Bertz CT molecular complexity index is 420.